The lowest BCUT2D eigenvalue weighted by Crippen LogP contribution is -2.44. The molecule has 1 aromatic rings. The molecule has 120 valence electrons. The predicted octanol–water partition coefficient (Wildman–Crippen LogP) is 1.47. The number of amides is 1. The van der Waals surface area contributed by atoms with Gasteiger partial charge in [0.15, 0.2) is 0 Å². The van der Waals surface area contributed by atoms with Crippen molar-refractivity contribution in [2.45, 2.75) is 12.8 Å². The molecule has 1 amide bonds. The van der Waals surface area contributed by atoms with Gasteiger partial charge in [0.25, 0.3) is 0 Å². The number of anilines is 2. The van der Waals surface area contributed by atoms with E-state index in [9.17, 15) is 4.79 Å². The second-order valence-corrected chi connectivity index (χ2v) is 6.28. The van der Waals surface area contributed by atoms with E-state index >= 15 is 0 Å². The molecule has 1 aromatic carbocycles. The van der Waals surface area contributed by atoms with Crippen LogP contribution in [-0.2, 0) is 4.79 Å². The van der Waals surface area contributed by atoms with Crippen molar-refractivity contribution in [1.82, 2.24) is 9.80 Å². The summed E-state index contributed by atoms with van der Waals surface area (Å²) < 4.78 is 0. The van der Waals surface area contributed by atoms with Crippen LogP contribution >= 0.6 is 0 Å². The fourth-order valence-electron chi connectivity index (χ4n) is 3.11. The zero-order chi connectivity index (χ0) is 15.4. The van der Waals surface area contributed by atoms with Crippen molar-refractivity contribution in [1.29, 1.82) is 0 Å². The van der Waals surface area contributed by atoms with Crippen molar-refractivity contribution in [2.24, 2.45) is 0 Å². The van der Waals surface area contributed by atoms with Crippen LogP contribution < -0.4 is 10.2 Å². The van der Waals surface area contributed by atoms with Crippen LogP contribution in [0.2, 0.25) is 0 Å². The molecular weight excluding hydrogens is 276 g/mol. The SMILES string of the molecule is CN1CCN(c2ccc(NCC(=O)N3CCCC3)cc2)CC1. The van der Waals surface area contributed by atoms with Gasteiger partial charge in [-0.3, -0.25) is 4.79 Å². The van der Waals surface area contributed by atoms with E-state index in [1.807, 2.05) is 4.90 Å². The second kappa shape index (κ2) is 7.01. The van der Waals surface area contributed by atoms with Crippen molar-refractivity contribution >= 4 is 17.3 Å². The summed E-state index contributed by atoms with van der Waals surface area (Å²) in [6, 6.07) is 8.44. The van der Waals surface area contributed by atoms with Gasteiger partial charge in [-0.1, -0.05) is 0 Å². The Morgan fingerprint density at radius 2 is 1.64 bits per heavy atom. The van der Waals surface area contributed by atoms with E-state index < -0.39 is 0 Å². The number of hydrogen-bond acceptors (Lipinski definition) is 4. The minimum absolute atomic E-state index is 0.209. The monoisotopic (exact) mass is 302 g/mol. The number of hydrogen-bond donors (Lipinski definition) is 1. The van der Waals surface area contributed by atoms with Gasteiger partial charge in [-0.25, -0.2) is 0 Å². The zero-order valence-electron chi connectivity index (χ0n) is 13.4. The normalized spacial score (nSPS) is 19.5. The number of rotatable bonds is 4. The summed E-state index contributed by atoms with van der Waals surface area (Å²) in [7, 11) is 2.17. The minimum Gasteiger partial charge on any atom is -0.376 e. The van der Waals surface area contributed by atoms with Crippen LogP contribution in [0, 0.1) is 0 Å². The number of piperazine rings is 1. The first-order valence-corrected chi connectivity index (χ1v) is 8.27. The molecule has 5 heteroatoms. The summed E-state index contributed by atoms with van der Waals surface area (Å²) in [5, 5.41) is 3.24. The predicted molar refractivity (Wildman–Crippen MR) is 90.5 cm³/mol. The second-order valence-electron chi connectivity index (χ2n) is 6.28. The van der Waals surface area contributed by atoms with Crippen LogP contribution in [0.1, 0.15) is 12.8 Å². The maximum Gasteiger partial charge on any atom is 0.241 e. The Balaban J connectivity index is 1.50. The lowest BCUT2D eigenvalue weighted by Gasteiger charge is -2.34. The third-order valence-electron chi connectivity index (χ3n) is 4.64. The number of carbonyl (C=O) groups excluding carboxylic acids is 1. The van der Waals surface area contributed by atoms with Crippen LogP contribution in [-0.4, -0.2) is 68.6 Å². The lowest BCUT2D eigenvalue weighted by atomic mass is 10.2. The van der Waals surface area contributed by atoms with Crippen molar-refractivity contribution in [2.75, 3.05) is 63.1 Å². The Morgan fingerprint density at radius 3 is 2.27 bits per heavy atom. The first-order valence-electron chi connectivity index (χ1n) is 8.27. The molecule has 0 radical (unpaired) electrons. The molecule has 2 aliphatic heterocycles. The van der Waals surface area contributed by atoms with E-state index in [1.165, 1.54) is 5.69 Å². The molecule has 22 heavy (non-hydrogen) atoms. The average molecular weight is 302 g/mol. The molecule has 2 aliphatic rings. The fraction of sp³-hybridized carbons (Fsp3) is 0.588. The molecule has 2 saturated heterocycles. The first-order chi connectivity index (χ1) is 10.7. The Kier molecular flexibility index (Phi) is 4.83. The average Bonchev–Trinajstić information content (AvgIpc) is 3.08. The van der Waals surface area contributed by atoms with E-state index in [0.29, 0.717) is 6.54 Å². The smallest absolute Gasteiger partial charge is 0.241 e. The molecule has 3 rings (SSSR count). The molecule has 0 bridgehead atoms. The molecule has 0 aromatic heterocycles. The molecule has 2 fully saturated rings. The molecule has 1 N–H and O–H groups in total. The number of nitrogens with zero attached hydrogens (tertiary/aromatic N) is 3. The highest BCUT2D eigenvalue weighted by Crippen LogP contribution is 2.19. The molecule has 0 aliphatic carbocycles. The van der Waals surface area contributed by atoms with Crippen LogP contribution in [0.3, 0.4) is 0 Å². The van der Waals surface area contributed by atoms with Crippen molar-refractivity contribution in [3.63, 3.8) is 0 Å². The van der Waals surface area contributed by atoms with Gasteiger partial charge >= 0.3 is 0 Å². The van der Waals surface area contributed by atoms with Gasteiger partial charge in [-0.05, 0) is 44.2 Å². The minimum atomic E-state index is 0.209. The van der Waals surface area contributed by atoms with Gasteiger partial charge in [0.1, 0.15) is 0 Å². The van der Waals surface area contributed by atoms with Gasteiger partial charge in [0.2, 0.25) is 5.91 Å². The number of likely N-dealkylation sites (tertiary alicyclic amines) is 1. The standard InChI is InChI=1S/C17H26N4O/c1-19-10-12-20(13-11-19)16-6-4-15(5-7-16)18-14-17(22)21-8-2-3-9-21/h4-7,18H,2-3,8-14H2,1H3. The van der Waals surface area contributed by atoms with E-state index in [4.69, 9.17) is 0 Å². The summed E-state index contributed by atoms with van der Waals surface area (Å²) >= 11 is 0. The van der Waals surface area contributed by atoms with Gasteiger partial charge in [-0.2, -0.15) is 0 Å². The van der Waals surface area contributed by atoms with Gasteiger partial charge in [-0.15, -0.1) is 0 Å². The molecule has 0 saturated carbocycles. The van der Waals surface area contributed by atoms with E-state index in [2.05, 4.69) is 46.4 Å². The Labute approximate surface area is 132 Å². The molecular formula is C17H26N4O. The van der Waals surface area contributed by atoms with Crippen molar-refractivity contribution in [3.8, 4) is 0 Å². The molecule has 5 nitrogen and oxygen atoms in total. The maximum atomic E-state index is 12.0. The van der Waals surface area contributed by atoms with Crippen LogP contribution in [0.4, 0.5) is 11.4 Å². The van der Waals surface area contributed by atoms with Gasteiger partial charge < -0.3 is 20.0 Å². The molecule has 2 heterocycles. The Morgan fingerprint density at radius 1 is 1.00 bits per heavy atom. The highest BCUT2D eigenvalue weighted by Gasteiger charge is 2.17. The quantitative estimate of drug-likeness (QED) is 0.914. The van der Waals surface area contributed by atoms with Crippen LogP contribution in [0.5, 0.6) is 0 Å². The zero-order valence-corrected chi connectivity index (χ0v) is 13.4. The number of nitrogens with one attached hydrogen (secondary N) is 1. The number of likely N-dealkylation sites (N-methyl/N-ethyl adjacent to an activating group) is 1. The largest absolute Gasteiger partial charge is 0.376 e. The van der Waals surface area contributed by atoms with Gasteiger partial charge in [0, 0.05) is 50.6 Å². The number of carbonyl (C=O) groups is 1. The first kappa shape index (κ1) is 15.2. The van der Waals surface area contributed by atoms with E-state index in [-0.39, 0.29) is 5.91 Å². The topological polar surface area (TPSA) is 38.8 Å². The van der Waals surface area contributed by atoms with E-state index in [1.54, 1.807) is 0 Å². The molecule has 0 atom stereocenters. The summed E-state index contributed by atoms with van der Waals surface area (Å²) in [4.78, 5) is 18.7. The Hall–Kier alpha value is -1.75. The lowest BCUT2D eigenvalue weighted by molar-refractivity contribution is -0.128. The van der Waals surface area contributed by atoms with Gasteiger partial charge in [0.05, 0.1) is 6.54 Å². The fourth-order valence-corrected chi connectivity index (χ4v) is 3.11. The van der Waals surface area contributed by atoms with Crippen molar-refractivity contribution in [3.05, 3.63) is 24.3 Å². The molecule has 0 spiro atoms. The van der Waals surface area contributed by atoms with Crippen molar-refractivity contribution < 1.29 is 4.79 Å². The summed E-state index contributed by atoms with van der Waals surface area (Å²) in [5.74, 6) is 0.209. The molecule has 0 unspecified atom stereocenters. The highest BCUT2D eigenvalue weighted by molar-refractivity contribution is 5.81. The maximum absolute atomic E-state index is 12.0. The summed E-state index contributed by atoms with van der Waals surface area (Å²) in [6.45, 7) is 6.63. The Bertz CT molecular complexity index is 488. The van der Waals surface area contributed by atoms with Crippen LogP contribution in [0.15, 0.2) is 24.3 Å². The summed E-state index contributed by atoms with van der Waals surface area (Å²) in [5.41, 5.74) is 2.29. The summed E-state index contributed by atoms with van der Waals surface area (Å²) in [6.07, 6.45) is 2.29. The van der Waals surface area contributed by atoms with Crippen LogP contribution in [0.25, 0.3) is 0 Å². The number of benzene rings is 1. The third-order valence-corrected chi connectivity index (χ3v) is 4.64. The van der Waals surface area contributed by atoms with E-state index in [0.717, 1.165) is 57.8 Å². The third kappa shape index (κ3) is 3.71. The highest BCUT2D eigenvalue weighted by atomic mass is 16.2.